The SMILES string of the molecule is CNCCCN(C)C(=O)c1cc(OC)ccc1Br. The molecule has 1 amide bonds. The van der Waals surface area contributed by atoms with Crippen LogP contribution in [0.2, 0.25) is 0 Å². The lowest BCUT2D eigenvalue weighted by atomic mass is 10.2. The van der Waals surface area contributed by atoms with Crippen LogP contribution in [0, 0.1) is 0 Å². The number of carbonyl (C=O) groups excluding carboxylic acids is 1. The molecule has 4 nitrogen and oxygen atoms in total. The van der Waals surface area contributed by atoms with Crippen LogP contribution in [0.3, 0.4) is 0 Å². The van der Waals surface area contributed by atoms with Crippen LogP contribution >= 0.6 is 15.9 Å². The summed E-state index contributed by atoms with van der Waals surface area (Å²) >= 11 is 3.39. The predicted molar refractivity (Wildman–Crippen MR) is 76.2 cm³/mol. The van der Waals surface area contributed by atoms with Gasteiger partial charge in [-0.1, -0.05) is 0 Å². The zero-order valence-corrected chi connectivity index (χ0v) is 12.6. The standard InChI is InChI=1S/C13H19BrN2O2/c1-15-7-4-8-16(2)13(17)11-9-10(18-3)5-6-12(11)14/h5-6,9,15H,4,7-8H2,1-3H3. The van der Waals surface area contributed by atoms with E-state index in [9.17, 15) is 4.79 Å². The Morgan fingerprint density at radius 2 is 2.22 bits per heavy atom. The van der Waals surface area contributed by atoms with E-state index < -0.39 is 0 Å². The van der Waals surface area contributed by atoms with Crippen LogP contribution in [0.5, 0.6) is 5.75 Å². The Morgan fingerprint density at radius 3 is 2.83 bits per heavy atom. The van der Waals surface area contributed by atoms with Crippen LogP contribution in [-0.4, -0.2) is 45.1 Å². The third-order valence-electron chi connectivity index (χ3n) is 2.67. The first-order valence-corrected chi connectivity index (χ1v) is 6.63. The van der Waals surface area contributed by atoms with E-state index in [0.29, 0.717) is 11.3 Å². The number of methoxy groups -OCH3 is 1. The minimum absolute atomic E-state index is 0.00289. The molecule has 18 heavy (non-hydrogen) atoms. The molecule has 0 unspecified atom stereocenters. The van der Waals surface area contributed by atoms with E-state index in [1.807, 2.05) is 26.2 Å². The molecule has 0 bridgehead atoms. The first-order valence-electron chi connectivity index (χ1n) is 5.83. The van der Waals surface area contributed by atoms with Gasteiger partial charge in [-0.05, 0) is 54.1 Å². The second-order valence-corrected chi connectivity index (χ2v) is 4.88. The van der Waals surface area contributed by atoms with Gasteiger partial charge in [0.2, 0.25) is 0 Å². The fourth-order valence-electron chi connectivity index (χ4n) is 1.60. The normalized spacial score (nSPS) is 10.2. The highest BCUT2D eigenvalue weighted by Gasteiger charge is 2.15. The number of nitrogens with zero attached hydrogens (tertiary/aromatic N) is 1. The highest BCUT2D eigenvalue weighted by Crippen LogP contribution is 2.23. The third kappa shape index (κ3) is 3.99. The molecule has 0 spiro atoms. The molecule has 0 aliphatic carbocycles. The van der Waals surface area contributed by atoms with Crippen molar-refractivity contribution in [3.05, 3.63) is 28.2 Å². The van der Waals surface area contributed by atoms with E-state index in [0.717, 1.165) is 24.0 Å². The molecule has 0 aliphatic heterocycles. The van der Waals surface area contributed by atoms with Crippen molar-refractivity contribution in [2.75, 3.05) is 34.3 Å². The summed E-state index contributed by atoms with van der Waals surface area (Å²) in [5, 5.41) is 3.06. The molecule has 1 aromatic carbocycles. The largest absolute Gasteiger partial charge is 0.497 e. The topological polar surface area (TPSA) is 41.6 Å². The van der Waals surface area contributed by atoms with Crippen LogP contribution in [0.15, 0.2) is 22.7 Å². The number of halogens is 1. The highest BCUT2D eigenvalue weighted by molar-refractivity contribution is 9.10. The number of hydrogen-bond acceptors (Lipinski definition) is 3. The van der Waals surface area contributed by atoms with Crippen molar-refractivity contribution in [2.24, 2.45) is 0 Å². The highest BCUT2D eigenvalue weighted by atomic mass is 79.9. The van der Waals surface area contributed by atoms with Crippen molar-refractivity contribution in [3.63, 3.8) is 0 Å². The van der Waals surface area contributed by atoms with Crippen molar-refractivity contribution in [1.82, 2.24) is 10.2 Å². The molecule has 0 saturated heterocycles. The monoisotopic (exact) mass is 314 g/mol. The minimum Gasteiger partial charge on any atom is -0.497 e. The molecule has 5 heteroatoms. The van der Waals surface area contributed by atoms with E-state index >= 15 is 0 Å². The Morgan fingerprint density at radius 1 is 1.50 bits per heavy atom. The Kier molecular flexibility index (Phi) is 6.15. The van der Waals surface area contributed by atoms with Crippen molar-refractivity contribution in [2.45, 2.75) is 6.42 Å². The summed E-state index contributed by atoms with van der Waals surface area (Å²) in [6, 6.07) is 5.40. The zero-order valence-electron chi connectivity index (χ0n) is 11.0. The molecule has 0 aromatic heterocycles. The van der Waals surface area contributed by atoms with Gasteiger partial charge in [-0.2, -0.15) is 0 Å². The molecule has 0 radical (unpaired) electrons. The lowest BCUT2D eigenvalue weighted by Crippen LogP contribution is -2.29. The molecular formula is C13H19BrN2O2. The van der Waals surface area contributed by atoms with Crippen LogP contribution < -0.4 is 10.1 Å². The van der Waals surface area contributed by atoms with E-state index in [1.165, 1.54) is 0 Å². The minimum atomic E-state index is -0.00289. The maximum Gasteiger partial charge on any atom is 0.254 e. The zero-order chi connectivity index (χ0) is 13.5. The smallest absolute Gasteiger partial charge is 0.254 e. The summed E-state index contributed by atoms with van der Waals surface area (Å²) in [6.07, 6.45) is 0.931. The molecular weight excluding hydrogens is 296 g/mol. The Hall–Kier alpha value is -1.07. The summed E-state index contributed by atoms with van der Waals surface area (Å²) < 4.78 is 5.92. The Balaban J connectivity index is 2.76. The summed E-state index contributed by atoms with van der Waals surface area (Å²) in [7, 11) is 5.30. The molecule has 0 heterocycles. The van der Waals surface area contributed by atoms with Crippen LogP contribution in [-0.2, 0) is 0 Å². The third-order valence-corrected chi connectivity index (χ3v) is 3.36. The van der Waals surface area contributed by atoms with Gasteiger partial charge >= 0.3 is 0 Å². The molecule has 0 fully saturated rings. The summed E-state index contributed by atoms with van der Waals surface area (Å²) in [5.74, 6) is 0.682. The number of hydrogen-bond donors (Lipinski definition) is 1. The molecule has 1 N–H and O–H groups in total. The number of ether oxygens (including phenoxy) is 1. The molecule has 1 rings (SSSR count). The quantitative estimate of drug-likeness (QED) is 0.818. The number of carbonyl (C=O) groups is 1. The Labute approximate surface area is 116 Å². The first-order chi connectivity index (χ1) is 8.60. The van der Waals surface area contributed by atoms with Crippen LogP contribution in [0.25, 0.3) is 0 Å². The first kappa shape index (κ1) is 15.0. The molecule has 0 aliphatic rings. The van der Waals surface area contributed by atoms with Crippen molar-refractivity contribution in [3.8, 4) is 5.75 Å². The van der Waals surface area contributed by atoms with Gasteiger partial charge in [0, 0.05) is 18.1 Å². The summed E-state index contributed by atoms with van der Waals surface area (Å²) in [5.41, 5.74) is 0.626. The summed E-state index contributed by atoms with van der Waals surface area (Å²) in [4.78, 5) is 14.0. The number of benzene rings is 1. The maximum absolute atomic E-state index is 12.2. The van der Waals surface area contributed by atoms with Gasteiger partial charge in [0.1, 0.15) is 5.75 Å². The maximum atomic E-state index is 12.2. The Bertz CT molecular complexity index is 410. The van der Waals surface area contributed by atoms with E-state index in [1.54, 1.807) is 18.1 Å². The molecule has 1 aromatic rings. The molecule has 0 atom stereocenters. The van der Waals surface area contributed by atoms with Gasteiger partial charge in [0.15, 0.2) is 0 Å². The van der Waals surface area contributed by atoms with Crippen molar-refractivity contribution >= 4 is 21.8 Å². The van der Waals surface area contributed by atoms with Gasteiger partial charge in [-0.25, -0.2) is 0 Å². The van der Waals surface area contributed by atoms with E-state index in [4.69, 9.17) is 4.74 Å². The predicted octanol–water partition coefficient (Wildman–Crippen LogP) is 2.14. The van der Waals surface area contributed by atoms with E-state index in [2.05, 4.69) is 21.2 Å². The number of amides is 1. The number of rotatable bonds is 6. The second-order valence-electron chi connectivity index (χ2n) is 4.03. The fraction of sp³-hybridized carbons (Fsp3) is 0.462. The van der Waals surface area contributed by atoms with Gasteiger partial charge < -0.3 is 15.0 Å². The van der Waals surface area contributed by atoms with Gasteiger partial charge in [-0.3, -0.25) is 4.79 Å². The molecule has 100 valence electrons. The average molecular weight is 315 g/mol. The van der Waals surface area contributed by atoms with Crippen LogP contribution in [0.4, 0.5) is 0 Å². The van der Waals surface area contributed by atoms with E-state index in [-0.39, 0.29) is 5.91 Å². The average Bonchev–Trinajstić information content (AvgIpc) is 2.38. The number of nitrogens with one attached hydrogen (secondary N) is 1. The lowest BCUT2D eigenvalue weighted by Gasteiger charge is -2.18. The second kappa shape index (κ2) is 7.38. The molecule has 0 saturated carbocycles. The van der Waals surface area contributed by atoms with Gasteiger partial charge in [-0.15, -0.1) is 0 Å². The summed E-state index contributed by atoms with van der Waals surface area (Å²) in [6.45, 7) is 1.63. The van der Waals surface area contributed by atoms with Crippen LogP contribution in [0.1, 0.15) is 16.8 Å². The van der Waals surface area contributed by atoms with Crippen molar-refractivity contribution < 1.29 is 9.53 Å². The van der Waals surface area contributed by atoms with Crippen molar-refractivity contribution in [1.29, 1.82) is 0 Å². The fourth-order valence-corrected chi connectivity index (χ4v) is 2.01. The van der Waals surface area contributed by atoms with Gasteiger partial charge in [0.25, 0.3) is 5.91 Å². The lowest BCUT2D eigenvalue weighted by molar-refractivity contribution is 0.0792. The van der Waals surface area contributed by atoms with Gasteiger partial charge in [0.05, 0.1) is 12.7 Å².